The van der Waals surface area contributed by atoms with Crippen LogP contribution in [0.5, 0.6) is 0 Å². The number of halogens is 2. The van der Waals surface area contributed by atoms with Gasteiger partial charge in [-0.25, -0.2) is 4.39 Å². The number of hydrogen-bond acceptors (Lipinski definition) is 1. The van der Waals surface area contributed by atoms with Gasteiger partial charge in [0, 0.05) is 5.56 Å². The van der Waals surface area contributed by atoms with Gasteiger partial charge in [0.2, 0.25) is 0 Å². The Morgan fingerprint density at radius 3 is 2.42 bits per heavy atom. The number of carboxylic acid groups (broad SMARTS) is 1. The molecular weight excluding hydrogens is 358 g/mol. The second-order valence-electron chi connectivity index (χ2n) is 4.26. The third-order valence-corrected chi connectivity index (χ3v) is 4.13. The maximum atomic E-state index is 14.4. The monoisotopic (exact) mass is 370 g/mol. The van der Waals surface area contributed by atoms with Crippen LogP contribution in [-0.2, 0) is 4.79 Å². The molecule has 0 aromatic heterocycles. The molecule has 0 fully saturated rings. The summed E-state index contributed by atoms with van der Waals surface area (Å²) in [6.45, 7) is 1.56. The Morgan fingerprint density at radius 1 is 1.21 bits per heavy atom. The number of carbonyl (C=O) groups is 1. The Morgan fingerprint density at radius 2 is 1.84 bits per heavy atom. The molecule has 1 atom stereocenters. The molecule has 0 aliphatic rings. The van der Waals surface area contributed by atoms with E-state index in [1.165, 1.54) is 0 Å². The molecule has 2 rings (SSSR count). The van der Waals surface area contributed by atoms with Crippen molar-refractivity contribution >= 4 is 28.6 Å². The molecule has 2 nitrogen and oxygen atoms in total. The Balaban J connectivity index is 2.52. The SMILES string of the molecule is C[C@@H](C(=O)O)c1ccc(-c2ccccc2)c(F)c1I. The number of aliphatic carboxylic acids is 1. The Bertz CT molecular complexity index is 611. The molecule has 0 aliphatic heterocycles. The third-order valence-electron chi connectivity index (χ3n) is 3.03. The van der Waals surface area contributed by atoms with Gasteiger partial charge in [0.15, 0.2) is 0 Å². The highest BCUT2D eigenvalue weighted by molar-refractivity contribution is 14.1. The highest BCUT2D eigenvalue weighted by Crippen LogP contribution is 2.31. The van der Waals surface area contributed by atoms with E-state index in [1.54, 1.807) is 19.1 Å². The largest absolute Gasteiger partial charge is 0.481 e. The van der Waals surface area contributed by atoms with E-state index in [0.717, 1.165) is 5.56 Å². The van der Waals surface area contributed by atoms with Crippen molar-refractivity contribution in [1.82, 2.24) is 0 Å². The first kappa shape index (κ1) is 14.0. The van der Waals surface area contributed by atoms with Crippen LogP contribution in [0, 0.1) is 9.39 Å². The normalized spacial score (nSPS) is 12.2. The fourth-order valence-electron chi connectivity index (χ4n) is 1.87. The third kappa shape index (κ3) is 2.78. The first-order chi connectivity index (χ1) is 9.02. The van der Waals surface area contributed by atoms with Gasteiger partial charge in [-0.3, -0.25) is 4.79 Å². The molecule has 0 radical (unpaired) electrons. The van der Waals surface area contributed by atoms with Gasteiger partial charge in [-0.05, 0) is 40.6 Å². The molecule has 2 aromatic rings. The molecule has 4 heteroatoms. The smallest absolute Gasteiger partial charge is 0.310 e. The molecule has 0 saturated carbocycles. The molecule has 98 valence electrons. The predicted octanol–water partition coefficient (Wildman–Crippen LogP) is 4.29. The second-order valence-corrected chi connectivity index (χ2v) is 5.34. The standard InChI is InChI=1S/C15H12FIO2/c1-9(15(18)19)11-7-8-12(13(16)14(11)17)10-5-3-2-4-6-10/h2-9H,1H3,(H,18,19)/t9-/m1/s1. The quantitative estimate of drug-likeness (QED) is 0.819. The van der Waals surface area contributed by atoms with E-state index >= 15 is 0 Å². The van der Waals surface area contributed by atoms with Crippen LogP contribution in [0.4, 0.5) is 4.39 Å². The van der Waals surface area contributed by atoms with E-state index < -0.39 is 11.9 Å². The van der Waals surface area contributed by atoms with Crippen LogP contribution in [0.25, 0.3) is 11.1 Å². The minimum Gasteiger partial charge on any atom is -0.481 e. The highest BCUT2D eigenvalue weighted by atomic mass is 127. The van der Waals surface area contributed by atoms with Crippen molar-refractivity contribution < 1.29 is 14.3 Å². The predicted molar refractivity (Wildman–Crippen MR) is 80.6 cm³/mol. The number of benzene rings is 2. The van der Waals surface area contributed by atoms with Gasteiger partial charge < -0.3 is 5.11 Å². The lowest BCUT2D eigenvalue weighted by Crippen LogP contribution is -2.10. The van der Waals surface area contributed by atoms with Gasteiger partial charge in [-0.1, -0.05) is 42.5 Å². The zero-order valence-corrected chi connectivity index (χ0v) is 12.4. The van der Waals surface area contributed by atoms with Gasteiger partial charge in [0.25, 0.3) is 0 Å². The van der Waals surface area contributed by atoms with Gasteiger partial charge in [0.1, 0.15) is 5.82 Å². The highest BCUT2D eigenvalue weighted by Gasteiger charge is 2.20. The van der Waals surface area contributed by atoms with Crippen LogP contribution in [-0.4, -0.2) is 11.1 Å². The molecule has 0 aliphatic carbocycles. The van der Waals surface area contributed by atoms with Crippen LogP contribution in [0.1, 0.15) is 18.4 Å². The molecule has 0 bridgehead atoms. The van der Waals surface area contributed by atoms with E-state index in [-0.39, 0.29) is 5.82 Å². The summed E-state index contributed by atoms with van der Waals surface area (Å²) in [6.07, 6.45) is 0. The fraction of sp³-hybridized carbons (Fsp3) is 0.133. The average molecular weight is 370 g/mol. The van der Waals surface area contributed by atoms with Crippen LogP contribution < -0.4 is 0 Å². The molecule has 19 heavy (non-hydrogen) atoms. The Hall–Kier alpha value is -1.43. The van der Waals surface area contributed by atoms with Crippen LogP contribution in [0.3, 0.4) is 0 Å². The lowest BCUT2D eigenvalue weighted by atomic mass is 9.97. The first-order valence-electron chi connectivity index (χ1n) is 5.78. The van der Waals surface area contributed by atoms with Crippen LogP contribution >= 0.6 is 22.6 Å². The summed E-state index contributed by atoms with van der Waals surface area (Å²) < 4.78 is 14.7. The minimum atomic E-state index is -0.954. The van der Waals surface area contributed by atoms with Crippen molar-refractivity contribution in [2.75, 3.05) is 0 Å². The van der Waals surface area contributed by atoms with Crippen molar-refractivity contribution in [2.45, 2.75) is 12.8 Å². The summed E-state index contributed by atoms with van der Waals surface area (Å²) in [5, 5.41) is 9.01. The maximum Gasteiger partial charge on any atom is 0.310 e. The summed E-state index contributed by atoms with van der Waals surface area (Å²) in [5.74, 6) is -2.03. The Labute approximate surface area is 124 Å². The summed E-state index contributed by atoms with van der Waals surface area (Å²) >= 11 is 1.87. The molecule has 0 saturated heterocycles. The molecule has 0 heterocycles. The molecule has 0 unspecified atom stereocenters. The van der Waals surface area contributed by atoms with Gasteiger partial charge >= 0.3 is 5.97 Å². The number of rotatable bonds is 3. The minimum absolute atomic E-state index is 0.364. The Kier molecular flexibility index (Phi) is 4.19. The molecule has 0 amide bonds. The first-order valence-corrected chi connectivity index (χ1v) is 6.86. The number of hydrogen-bond donors (Lipinski definition) is 1. The zero-order chi connectivity index (χ0) is 14.0. The maximum absolute atomic E-state index is 14.4. The lowest BCUT2D eigenvalue weighted by molar-refractivity contribution is -0.138. The van der Waals surface area contributed by atoms with Gasteiger partial charge in [0.05, 0.1) is 9.49 Å². The van der Waals surface area contributed by atoms with Crippen molar-refractivity contribution in [3.63, 3.8) is 0 Å². The van der Waals surface area contributed by atoms with E-state index in [0.29, 0.717) is 14.7 Å². The van der Waals surface area contributed by atoms with Crippen molar-refractivity contribution in [3.8, 4) is 11.1 Å². The van der Waals surface area contributed by atoms with E-state index in [9.17, 15) is 9.18 Å². The van der Waals surface area contributed by atoms with E-state index in [1.807, 2.05) is 52.9 Å². The topological polar surface area (TPSA) is 37.3 Å². The zero-order valence-electron chi connectivity index (χ0n) is 10.2. The van der Waals surface area contributed by atoms with Crippen LogP contribution in [0.2, 0.25) is 0 Å². The molecule has 2 aromatic carbocycles. The van der Waals surface area contributed by atoms with E-state index in [4.69, 9.17) is 5.11 Å². The molecule has 1 N–H and O–H groups in total. The fourth-order valence-corrected chi connectivity index (χ4v) is 2.81. The van der Waals surface area contributed by atoms with Crippen molar-refractivity contribution in [1.29, 1.82) is 0 Å². The number of carboxylic acids is 1. The van der Waals surface area contributed by atoms with Gasteiger partial charge in [-0.2, -0.15) is 0 Å². The summed E-state index contributed by atoms with van der Waals surface area (Å²) in [7, 11) is 0. The van der Waals surface area contributed by atoms with Crippen LogP contribution in [0.15, 0.2) is 42.5 Å². The van der Waals surface area contributed by atoms with Gasteiger partial charge in [-0.15, -0.1) is 0 Å². The van der Waals surface area contributed by atoms with Crippen molar-refractivity contribution in [3.05, 3.63) is 57.4 Å². The second kappa shape index (κ2) is 5.69. The summed E-state index contributed by atoms with van der Waals surface area (Å²) in [5.41, 5.74) is 1.78. The van der Waals surface area contributed by atoms with Crippen molar-refractivity contribution in [2.24, 2.45) is 0 Å². The lowest BCUT2D eigenvalue weighted by Gasteiger charge is -2.13. The van der Waals surface area contributed by atoms with E-state index in [2.05, 4.69) is 0 Å². The summed E-state index contributed by atoms with van der Waals surface area (Å²) in [4.78, 5) is 11.0. The molecular formula is C15H12FIO2. The average Bonchev–Trinajstić information content (AvgIpc) is 2.42. The summed E-state index contributed by atoms with van der Waals surface area (Å²) in [6, 6.07) is 12.5. The molecule has 0 spiro atoms.